The predicted octanol–water partition coefficient (Wildman–Crippen LogP) is 3.98. The van der Waals surface area contributed by atoms with E-state index in [1.165, 1.54) is 34.4 Å². The molecule has 0 aliphatic carbocycles. The van der Waals surface area contributed by atoms with Crippen molar-refractivity contribution in [1.82, 2.24) is 10.2 Å². The van der Waals surface area contributed by atoms with Crippen molar-refractivity contribution in [1.29, 1.82) is 0 Å². The Hall–Kier alpha value is -1.91. The minimum absolute atomic E-state index is 0.177. The lowest BCUT2D eigenvalue weighted by atomic mass is 10.1. The van der Waals surface area contributed by atoms with E-state index >= 15 is 0 Å². The molecule has 0 bridgehead atoms. The summed E-state index contributed by atoms with van der Waals surface area (Å²) >= 11 is 4.07. The molecule has 0 aliphatic heterocycles. The average Bonchev–Trinajstić information content (AvgIpc) is 3.22. The molecule has 0 saturated carbocycles. The van der Waals surface area contributed by atoms with Gasteiger partial charge in [0, 0.05) is 11.4 Å². The summed E-state index contributed by atoms with van der Waals surface area (Å²) < 4.78 is 5.84. The third-order valence-electron chi connectivity index (χ3n) is 3.43. The Morgan fingerprint density at radius 2 is 2.07 bits per heavy atom. The van der Waals surface area contributed by atoms with Crippen LogP contribution in [0.25, 0.3) is 0 Å². The highest BCUT2D eigenvalue weighted by molar-refractivity contribution is 8.01. The Morgan fingerprint density at radius 3 is 2.74 bits per heavy atom. The normalized spacial score (nSPS) is 10.5. The number of amides is 1. The third kappa shape index (κ3) is 5.78. The first kappa shape index (κ1) is 21.4. The van der Waals surface area contributed by atoms with Crippen LogP contribution in [0.3, 0.4) is 0 Å². The predicted molar refractivity (Wildman–Crippen MR) is 112 cm³/mol. The lowest BCUT2D eigenvalue weighted by Crippen LogP contribution is -2.16. The highest BCUT2D eigenvalue weighted by Crippen LogP contribution is 2.34. The van der Waals surface area contributed by atoms with Crippen molar-refractivity contribution in [3.05, 3.63) is 28.7 Å². The number of aromatic nitrogens is 2. The lowest BCUT2D eigenvalue weighted by Gasteiger charge is -2.07. The average molecular weight is 427 g/mol. The number of carbonyl (C=O) groups excluding carboxylic acids is 2. The first-order valence-corrected chi connectivity index (χ1v) is 11.0. The highest BCUT2D eigenvalue weighted by Gasteiger charge is 2.23. The standard InChI is InChI=1S/C17H22N4O3S3/c1-5-8-18-16-20-21-17(27-16)25-9-12(22)19-14-13(15(23)24-7-3)11(6-2)10(4)26-14/h5H,1,6-9H2,2-4H3,(H,18,20)(H,19,22). The van der Waals surface area contributed by atoms with Crippen LogP contribution in [0.1, 0.15) is 34.6 Å². The van der Waals surface area contributed by atoms with Crippen LogP contribution in [-0.4, -0.2) is 41.0 Å². The quantitative estimate of drug-likeness (QED) is 0.337. The molecule has 2 rings (SSSR count). The number of aryl methyl sites for hydroxylation is 1. The highest BCUT2D eigenvalue weighted by atomic mass is 32.2. The molecule has 146 valence electrons. The Labute approximate surface area is 170 Å². The van der Waals surface area contributed by atoms with Gasteiger partial charge >= 0.3 is 5.97 Å². The first-order valence-electron chi connectivity index (χ1n) is 8.40. The zero-order chi connectivity index (χ0) is 19.8. The lowest BCUT2D eigenvalue weighted by molar-refractivity contribution is -0.113. The maximum atomic E-state index is 12.4. The van der Waals surface area contributed by atoms with Crippen molar-refractivity contribution >= 4 is 56.4 Å². The summed E-state index contributed by atoms with van der Waals surface area (Å²) in [5, 5.41) is 15.2. The molecule has 7 nitrogen and oxygen atoms in total. The molecule has 0 saturated heterocycles. The molecule has 10 heteroatoms. The fourth-order valence-corrected chi connectivity index (χ4v) is 5.01. The monoisotopic (exact) mass is 426 g/mol. The van der Waals surface area contributed by atoms with Crippen LogP contribution in [0.4, 0.5) is 10.1 Å². The Bertz CT molecular complexity index is 816. The van der Waals surface area contributed by atoms with Crippen molar-refractivity contribution in [2.75, 3.05) is 29.5 Å². The van der Waals surface area contributed by atoms with Gasteiger partial charge in [0.05, 0.1) is 17.9 Å². The molecule has 0 spiro atoms. The van der Waals surface area contributed by atoms with Crippen LogP contribution in [-0.2, 0) is 16.0 Å². The fraction of sp³-hybridized carbons (Fsp3) is 0.412. The number of ether oxygens (including phenoxy) is 1. The second-order valence-electron chi connectivity index (χ2n) is 5.29. The van der Waals surface area contributed by atoms with Crippen molar-refractivity contribution < 1.29 is 14.3 Å². The Balaban J connectivity index is 2.02. The number of rotatable bonds is 10. The minimum atomic E-state index is -0.399. The minimum Gasteiger partial charge on any atom is -0.462 e. The van der Waals surface area contributed by atoms with Crippen LogP contribution >= 0.6 is 34.4 Å². The van der Waals surface area contributed by atoms with E-state index in [2.05, 4.69) is 27.4 Å². The molecular formula is C17H22N4O3S3. The van der Waals surface area contributed by atoms with Gasteiger partial charge in [-0.05, 0) is 25.8 Å². The number of nitrogens with zero attached hydrogens (tertiary/aromatic N) is 2. The van der Waals surface area contributed by atoms with Gasteiger partial charge in [0.1, 0.15) is 5.00 Å². The summed E-state index contributed by atoms with van der Waals surface area (Å²) in [5.41, 5.74) is 1.38. The van der Waals surface area contributed by atoms with Gasteiger partial charge in [-0.15, -0.1) is 28.1 Å². The second kappa shape index (κ2) is 10.4. The number of esters is 1. The van der Waals surface area contributed by atoms with Gasteiger partial charge in [-0.25, -0.2) is 4.79 Å². The summed E-state index contributed by atoms with van der Waals surface area (Å²) in [6.07, 6.45) is 2.43. The molecule has 0 aromatic carbocycles. The molecule has 0 fully saturated rings. The summed E-state index contributed by atoms with van der Waals surface area (Å²) in [4.78, 5) is 25.7. The number of thiophene rings is 1. The van der Waals surface area contributed by atoms with Gasteiger partial charge < -0.3 is 15.4 Å². The van der Waals surface area contributed by atoms with E-state index in [0.29, 0.717) is 39.6 Å². The van der Waals surface area contributed by atoms with Gasteiger partial charge in [0.2, 0.25) is 11.0 Å². The number of nitrogens with one attached hydrogen (secondary N) is 2. The van der Waals surface area contributed by atoms with Gasteiger partial charge in [0.15, 0.2) is 4.34 Å². The fourth-order valence-electron chi connectivity index (χ4n) is 2.30. The molecule has 0 unspecified atom stereocenters. The van der Waals surface area contributed by atoms with E-state index in [9.17, 15) is 9.59 Å². The van der Waals surface area contributed by atoms with Gasteiger partial charge in [0.25, 0.3) is 0 Å². The second-order valence-corrected chi connectivity index (χ2v) is 8.72. The van der Waals surface area contributed by atoms with E-state index < -0.39 is 5.97 Å². The van der Waals surface area contributed by atoms with Crippen LogP contribution in [0.2, 0.25) is 0 Å². The van der Waals surface area contributed by atoms with E-state index in [1.807, 2.05) is 13.8 Å². The van der Waals surface area contributed by atoms with E-state index in [0.717, 1.165) is 10.4 Å². The van der Waals surface area contributed by atoms with Crippen molar-refractivity contribution in [2.24, 2.45) is 0 Å². The number of hydrogen-bond acceptors (Lipinski definition) is 9. The van der Waals surface area contributed by atoms with Gasteiger partial charge in [-0.1, -0.05) is 36.1 Å². The molecule has 2 N–H and O–H groups in total. The molecule has 2 aromatic heterocycles. The van der Waals surface area contributed by atoms with E-state index in [1.54, 1.807) is 13.0 Å². The first-order chi connectivity index (χ1) is 13.0. The number of thioether (sulfide) groups is 1. The maximum Gasteiger partial charge on any atom is 0.341 e. The summed E-state index contributed by atoms with van der Waals surface area (Å²) in [6.45, 7) is 10.2. The van der Waals surface area contributed by atoms with Crippen molar-refractivity contribution in [2.45, 2.75) is 31.5 Å². The summed E-state index contributed by atoms with van der Waals surface area (Å²) in [7, 11) is 0. The third-order valence-corrected chi connectivity index (χ3v) is 6.50. The van der Waals surface area contributed by atoms with Crippen LogP contribution in [0.5, 0.6) is 0 Å². The molecule has 2 heterocycles. The van der Waals surface area contributed by atoms with Crippen LogP contribution in [0.15, 0.2) is 17.0 Å². The molecule has 2 aromatic rings. The zero-order valence-electron chi connectivity index (χ0n) is 15.5. The number of hydrogen-bond donors (Lipinski definition) is 2. The van der Waals surface area contributed by atoms with E-state index in [4.69, 9.17) is 4.74 Å². The largest absolute Gasteiger partial charge is 0.462 e. The summed E-state index contributed by atoms with van der Waals surface area (Å²) in [6, 6.07) is 0. The van der Waals surface area contributed by atoms with Crippen molar-refractivity contribution in [3.8, 4) is 0 Å². The molecule has 0 radical (unpaired) electrons. The van der Waals surface area contributed by atoms with Gasteiger partial charge in [-0.2, -0.15) is 0 Å². The topological polar surface area (TPSA) is 93.2 Å². The van der Waals surface area contributed by atoms with Crippen LogP contribution in [0, 0.1) is 6.92 Å². The molecular weight excluding hydrogens is 404 g/mol. The smallest absolute Gasteiger partial charge is 0.341 e. The molecule has 27 heavy (non-hydrogen) atoms. The van der Waals surface area contributed by atoms with E-state index in [-0.39, 0.29) is 11.7 Å². The summed E-state index contributed by atoms with van der Waals surface area (Å²) in [5.74, 6) is -0.425. The zero-order valence-corrected chi connectivity index (χ0v) is 17.9. The number of carbonyl (C=O) groups is 2. The van der Waals surface area contributed by atoms with Gasteiger partial charge in [-0.3, -0.25) is 4.79 Å². The Morgan fingerprint density at radius 1 is 1.30 bits per heavy atom. The number of anilines is 2. The molecule has 0 atom stereocenters. The molecule has 1 amide bonds. The maximum absolute atomic E-state index is 12.4. The van der Waals surface area contributed by atoms with Crippen molar-refractivity contribution in [3.63, 3.8) is 0 Å². The SMILES string of the molecule is C=CCNc1nnc(SCC(=O)Nc2sc(C)c(CC)c2C(=O)OCC)s1. The molecule has 0 aliphatic rings. The van der Waals surface area contributed by atoms with Crippen LogP contribution < -0.4 is 10.6 Å². The Kier molecular flexibility index (Phi) is 8.26.